The number of hydrogen-bond acceptors (Lipinski definition) is 2. The van der Waals surface area contributed by atoms with E-state index in [1.807, 2.05) is 0 Å². The summed E-state index contributed by atoms with van der Waals surface area (Å²) in [6, 6.07) is 61.3. The van der Waals surface area contributed by atoms with E-state index >= 15 is 0 Å². The van der Waals surface area contributed by atoms with Gasteiger partial charge in [0.15, 0.2) is 0 Å². The van der Waals surface area contributed by atoms with E-state index < -0.39 is 0 Å². The maximum absolute atomic E-state index is 6.45. The number of allylic oxidation sites excluding steroid dienone is 4. The number of para-hydroxylation sites is 2. The average molecular weight is 730 g/mol. The highest BCUT2D eigenvalue weighted by Crippen LogP contribution is 2.41. The number of rotatable bonds is 5. The third-order valence-electron chi connectivity index (χ3n) is 11.8. The Bertz CT molecular complexity index is 3460. The molecular formula is C54H35NO2. The van der Waals surface area contributed by atoms with Gasteiger partial charge in [-0.25, -0.2) is 0 Å². The van der Waals surface area contributed by atoms with Crippen LogP contribution >= 0.6 is 0 Å². The first-order valence-corrected chi connectivity index (χ1v) is 19.7. The number of aromatic nitrogens is 1. The molecule has 0 bridgehead atoms. The second-order valence-electron chi connectivity index (χ2n) is 15.2. The summed E-state index contributed by atoms with van der Waals surface area (Å²) in [4.78, 5) is 0. The monoisotopic (exact) mass is 729 g/mol. The van der Waals surface area contributed by atoms with Crippen molar-refractivity contribution in [3.63, 3.8) is 0 Å². The fourth-order valence-corrected chi connectivity index (χ4v) is 9.00. The Morgan fingerprint density at radius 3 is 1.56 bits per heavy atom. The van der Waals surface area contributed by atoms with Crippen molar-refractivity contribution in [2.24, 2.45) is 0 Å². The number of nitrogens with zero attached hydrogens (tertiary/aromatic N) is 1. The Kier molecular flexibility index (Phi) is 7.05. The fourth-order valence-electron chi connectivity index (χ4n) is 9.00. The molecule has 11 aromatic rings. The third-order valence-corrected chi connectivity index (χ3v) is 11.8. The predicted molar refractivity (Wildman–Crippen MR) is 238 cm³/mol. The van der Waals surface area contributed by atoms with Crippen LogP contribution in [0.2, 0.25) is 0 Å². The minimum absolute atomic E-state index is 0.824. The van der Waals surface area contributed by atoms with Gasteiger partial charge in [-0.3, -0.25) is 0 Å². The molecule has 3 heterocycles. The van der Waals surface area contributed by atoms with E-state index in [1.165, 1.54) is 55.2 Å². The molecule has 0 saturated heterocycles. The van der Waals surface area contributed by atoms with Gasteiger partial charge in [0.2, 0.25) is 0 Å². The third kappa shape index (κ3) is 5.20. The van der Waals surface area contributed by atoms with Crippen molar-refractivity contribution >= 4 is 71.3 Å². The van der Waals surface area contributed by atoms with Crippen molar-refractivity contribution in [3.8, 4) is 39.1 Å². The first kappa shape index (κ1) is 31.9. The summed E-state index contributed by atoms with van der Waals surface area (Å²) < 4.78 is 15.3. The lowest BCUT2D eigenvalue weighted by molar-refractivity contribution is 0.656. The molecule has 0 aliphatic heterocycles. The molecule has 0 amide bonds. The van der Waals surface area contributed by atoms with Crippen molar-refractivity contribution in [2.75, 3.05) is 0 Å². The summed E-state index contributed by atoms with van der Waals surface area (Å²) in [7, 11) is 0. The van der Waals surface area contributed by atoms with Gasteiger partial charge in [0, 0.05) is 44.1 Å². The average Bonchev–Trinajstić information content (AvgIpc) is 3.94. The van der Waals surface area contributed by atoms with Gasteiger partial charge in [0.25, 0.3) is 0 Å². The smallest absolute Gasteiger partial charge is 0.139 e. The Labute approximate surface area is 329 Å². The van der Waals surface area contributed by atoms with Crippen LogP contribution in [0.4, 0.5) is 0 Å². The topological polar surface area (TPSA) is 31.2 Å². The van der Waals surface area contributed by atoms with Crippen LogP contribution in [0, 0.1) is 0 Å². The summed E-state index contributed by atoms with van der Waals surface area (Å²) in [6.07, 6.45) is 9.07. The zero-order valence-electron chi connectivity index (χ0n) is 31.1. The predicted octanol–water partition coefficient (Wildman–Crippen LogP) is 15.3. The molecule has 0 radical (unpaired) electrons. The van der Waals surface area contributed by atoms with Crippen LogP contribution in [0.1, 0.15) is 18.4 Å². The largest absolute Gasteiger partial charge is 0.456 e. The summed E-state index contributed by atoms with van der Waals surface area (Å²) >= 11 is 0. The summed E-state index contributed by atoms with van der Waals surface area (Å²) in [5.74, 6) is 0. The standard InChI is InChI=1S/C54H35NO2/c1-3-11-34(12-4-1)35-13-9-14-36(27-35)37-15-10-16-38(28-37)40-22-25-51-45(30-40)47-32-48-46-31-41(23-26-52(46)57-54(48)33-53(47)56-51)39-21-24-50-44(29-39)43-19-7-8-20-49(43)55(50)42-17-5-2-6-18-42/h2-3,5-33H,1,4H2. The van der Waals surface area contributed by atoms with E-state index in [4.69, 9.17) is 8.83 Å². The van der Waals surface area contributed by atoms with Crippen LogP contribution in [0.25, 0.3) is 110 Å². The number of hydrogen-bond donors (Lipinski definition) is 0. The van der Waals surface area contributed by atoms with Crippen LogP contribution < -0.4 is 0 Å². The van der Waals surface area contributed by atoms with E-state index in [-0.39, 0.29) is 0 Å². The van der Waals surface area contributed by atoms with Crippen molar-refractivity contribution in [3.05, 3.63) is 194 Å². The van der Waals surface area contributed by atoms with Crippen LogP contribution in [0.5, 0.6) is 0 Å². The minimum atomic E-state index is 0.824. The highest BCUT2D eigenvalue weighted by Gasteiger charge is 2.17. The normalized spacial score (nSPS) is 13.2. The van der Waals surface area contributed by atoms with Crippen LogP contribution in [0.3, 0.4) is 0 Å². The maximum Gasteiger partial charge on any atom is 0.139 e. The number of benzene rings is 8. The van der Waals surface area contributed by atoms with Gasteiger partial charge in [-0.1, -0.05) is 109 Å². The van der Waals surface area contributed by atoms with E-state index in [9.17, 15) is 0 Å². The van der Waals surface area contributed by atoms with Crippen LogP contribution in [-0.4, -0.2) is 4.57 Å². The van der Waals surface area contributed by atoms with Crippen molar-refractivity contribution in [1.82, 2.24) is 4.57 Å². The lowest BCUT2D eigenvalue weighted by atomic mass is 9.94. The van der Waals surface area contributed by atoms with Crippen molar-refractivity contribution in [2.45, 2.75) is 12.8 Å². The Morgan fingerprint density at radius 1 is 0.351 bits per heavy atom. The van der Waals surface area contributed by atoms with Crippen molar-refractivity contribution < 1.29 is 8.83 Å². The molecule has 0 fully saturated rings. The van der Waals surface area contributed by atoms with Gasteiger partial charge in [0.05, 0.1) is 11.0 Å². The molecule has 1 aliphatic rings. The second-order valence-corrected chi connectivity index (χ2v) is 15.2. The molecule has 0 N–H and O–H groups in total. The molecule has 8 aromatic carbocycles. The first-order valence-electron chi connectivity index (χ1n) is 19.7. The summed E-state index contributed by atoms with van der Waals surface area (Å²) in [5.41, 5.74) is 16.6. The molecule has 3 aromatic heterocycles. The van der Waals surface area contributed by atoms with E-state index in [0.29, 0.717) is 0 Å². The Morgan fingerprint density at radius 2 is 0.895 bits per heavy atom. The maximum atomic E-state index is 6.45. The number of fused-ring (bicyclic) bond motifs is 9. The first-order chi connectivity index (χ1) is 28.2. The van der Waals surface area contributed by atoms with E-state index in [2.05, 4.69) is 193 Å². The van der Waals surface area contributed by atoms with E-state index in [1.54, 1.807) is 0 Å². The molecule has 0 spiro atoms. The molecule has 0 saturated carbocycles. The van der Waals surface area contributed by atoms with Gasteiger partial charge in [-0.15, -0.1) is 0 Å². The van der Waals surface area contributed by atoms with E-state index in [0.717, 1.165) is 73.5 Å². The van der Waals surface area contributed by atoms with Gasteiger partial charge < -0.3 is 13.4 Å². The molecule has 3 heteroatoms. The molecule has 57 heavy (non-hydrogen) atoms. The second kappa shape index (κ2) is 12.6. The van der Waals surface area contributed by atoms with Gasteiger partial charge >= 0.3 is 0 Å². The highest BCUT2D eigenvalue weighted by molar-refractivity contribution is 6.16. The summed E-state index contributed by atoms with van der Waals surface area (Å²) in [6.45, 7) is 0. The zero-order valence-corrected chi connectivity index (χ0v) is 31.1. The molecule has 268 valence electrons. The van der Waals surface area contributed by atoms with Gasteiger partial charge in [-0.05, 0) is 130 Å². The molecule has 0 atom stereocenters. The summed E-state index contributed by atoms with van der Waals surface area (Å²) in [5, 5.41) is 6.84. The van der Waals surface area contributed by atoms with Gasteiger partial charge in [-0.2, -0.15) is 0 Å². The lowest BCUT2D eigenvalue weighted by Gasteiger charge is -2.11. The molecule has 12 rings (SSSR count). The molecule has 3 nitrogen and oxygen atoms in total. The molecular weight excluding hydrogens is 695 g/mol. The highest BCUT2D eigenvalue weighted by atomic mass is 16.3. The molecule has 0 unspecified atom stereocenters. The Balaban J connectivity index is 0.945. The zero-order chi connectivity index (χ0) is 37.5. The van der Waals surface area contributed by atoms with Gasteiger partial charge in [0.1, 0.15) is 22.3 Å². The lowest BCUT2D eigenvalue weighted by Crippen LogP contribution is -1.92. The van der Waals surface area contributed by atoms with Crippen LogP contribution in [0.15, 0.2) is 197 Å². The SMILES string of the molecule is C1=CC(c2cccc(-c3cccc(-c4ccc5oc6cc7oc8ccc(-c9ccc%10c(c9)c9ccccc9n%10-c9ccccc9)cc8c7cc6c5c4)c3)c2)=CCC1. The van der Waals surface area contributed by atoms with Crippen LogP contribution in [-0.2, 0) is 0 Å². The number of furan rings is 2. The quantitative estimate of drug-likeness (QED) is 0.177. The van der Waals surface area contributed by atoms with Crippen molar-refractivity contribution in [1.29, 1.82) is 0 Å². The minimum Gasteiger partial charge on any atom is -0.456 e. The fraction of sp³-hybridized carbons (Fsp3) is 0.0370. The Hall–Kier alpha value is -7.36. The molecule has 1 aliphatic carbocycles.